The Morgan fingerprint density at radius 3 is 2.95 bits per heavy atom. The van der Waals surface area contributed by atoms with Crippen LogP contribution in [0.15, 0.2) is 23.6 Å². The largest absolute Gasteiger partial charge is 0.394 e. The van der Waals surface area contributed by atoms with Crippen molar-refractivity contribution in [2.24, 2.45) is 0 Å². The van der Waals surface area contributed by atoms with Crippen molar-refractivity contribution in [3.05, 3.63) is 28.5 Å². The first-order valence-corrected chi connectivity index (χ1v) is 7.86. The quantitative estimate of drug-likeness (QED) is 0.758. The van der Waals surface area contributed by atoms with Crippen LogP contribution >= 0.6 is 11.3 Å². The van der Waals surface area contributed by atoms with Crippen molar-refractivity contribution in [2.75, 3.05) is 19.8 Å². The zero-order valence-corrected chi connectivity index (χ0v) is 12.3. The number of aliphatic hydroxyl groups is 1. The third kappa shape index (κ3) is 4.44. The fourth-order valence-corrected chi connectivity index (χ4v) is 3.12. The van der Waals surface area contributed by atoms with Gasteiger partial charge in [0, 0.05) is 17.5 Å². The number of nitrogens with one attached hydrogen (secondary N) is 1. The summed E-state index contributed by atoms with van der Waals surface area (Å²) in [4.78, 5) is 12.9. The summed E-state index contributed by atoms with van der Waals surface area (Å²) in [6.45, 7) is 0.871. The third-order valence-electron chi connectivity index (χ3n) is 3.54. The van der Waals surface area contributed by atoms with Crippen LogP contribution in [0.1, 0.15) is 30.6 Å². The fraction of sp³-hybridized carbons (Fsp3) is 0.533. The van der Waals surface area contributed by atoms with Crippen molar-refractivity contribution in [3.63, 3.8) is 0 Å². The van der Waals surface area contributed by atoms with E-state index in [-0.39, 0.29) is 18.1 Å². The molecule has 0 aromatic carbocycles. The van der Waals surface area contributed by atoms with Crippen LogP contribution in [0.4, 0.5) is 0 Å². The lowest BCUT2D eigenvalue weighted by atomic mass is 10.0. The minimum atomic E-state index is -0.283. The van der Waals surface area contributed by atoms with Gasteiger partial charge in [0.25, 0.3) is 0 Å². The molecule has 20 heavy (non-hydrogen) atoms. The minimum Gasteiger partial charge on any atom is -0.394 e. The molecule has 0 spiro atoms. The molecule has 110 valence electrons. The third-order valence-corrected chi connectivity index (χ3v) is 4.38. The van der Waals surface area contributed by atoms with Crippen LogP contribution in [0.3, 0.4) is 0 Å². The lowest BCUT2D eigenvalue weighted by Gasteiger charge is -2.29. The van der Waals surface area contributed by atoms with Gasteiger partial charge in [-0.05, 0) is 30.4 Å². The van der Waals surface area contributed by atoms with E-state index in [9.17, 15) is 4.79 Å². The highest BCUT2D eigenvalue weighted by Crippen LogP contribution is 2.32. The summed E-state index contributed by atoms with van der Waals surface area (Å²) in [5.74, 6) is -0.0997. The van der Waals surface area contributed by atoms with Gasteiger partial charge in [-0.3, -0.25) is 4.79 Å². The number of aliphatic hydroxyl groups excluding tert-OH is 1. The molecular formula is C15H21NO3S. The molecule has 0 atom stereocenters. The molecule has 1 aromatic heterocycles. The van der Waals surface area contributed by atoms with E-state index < -0.39 is 0 Å². The van der Waals surface area contributed by atoms with Crippen molar-refractivity contribution in [1.82, 2.24) is 5.32 Å². The molecule has 2 rings (SSSR count). The van der Waals surface area contributed by atoms with Crippen LogP contribution in [-0.2, 0) is 9.53 Å². The molecule has 0 saturated heterocycles. The molecule has 1 aliphatic rings. The summed E-state index contributed by atoms with van der Waals surface area (Å²) in [6.07, 6.45) is 7.50. The summed E-state index contributed by atoms with van der Waals surface area (Å²) in [5.41, 5.74) is -0.283. The second-order valence-corrected chi connectivity index (χ2v) is 6.01. The van der Waals surface area contributed by atoms with Crippen molar-refractivity contribution in [1.29, 1.82) is 0 Å². The Labute approximate surface area is 123 Å². The number of thiophene rings is 1. The number of carbonyl (C=O) groups excluding carboxylic acids is 1. The van der Waals surface area contributed by atoms with Crippen LogP contribution < -0.4 is 5.32 Å². The van der Waals surface area contributed by atoms with Gasteiger partial charge >= 0.3 is 0 Å². The SMILES string of the molecule is O=C(C=Cc1cccs1)NCC1(OCCO)CCCC1. The summed E-state index contributed by atoms with van der Waals surface area (Å²) in [7, 11) is 0. The van der Waals surface area contributed by atoms with Gasteiger partial charge in [-0.15, -0.1) is 11.3 Å². The molecule has 1 aromatic rings. The zero-order chi connectivity index (χ0) is 14.3. The molecule has 0 radical (unpaired) electrons. The molecule has 1 heterocycles. The second kappa shape index (κ2) is 7.57. The van der Waals surface area contributed by atoms with Crippen molar-refractivity contribution in [2.45, 2.75) is 31.3 Å². The van der Waals surface area contributed by atoms with Gasteiger partial charge in [0.2, 0.25) is 5.91 Å². The number of hydrogen-bond acceptors (Lipinski definition) is 4. The van der Waals surface area contributed by atoms with Crippen LogP contribution in [0.25, 0.3) is 6.08 Å². The molecule has 4 nitrogen and oxygen atoms in total. The highest BCUT2D eigenvalue weighted by atomic mass is 32.1. The van der Waals surface area contributed by atoms with E-state index in [4.69, 9.17) is 9.84 Å². The topological polar surface area (TPSA) is 58.6 Å². The van der Waals surface area contributed by atoms with Crippen molar-refractivity contribution < 1.29 is 14.6 Å². The number of hydrogen-bond donors (Lipinski definition) is 2. The summed E-state index contributed by atoms with van der Waals surface area (Å²) >= 11 is 1.60. The maximum Gasteiger partial charge on any atom is 0.244 e. The Morgan fingerprint density at radius 2 is 2.30 bits per heavy atom. The van der Waals surface area contributed by atoms with Gasteiger partial charge in [0.15, 0.2) is 0 Å². The number of carbonyl (C=O) groups is 1. The lowest BCUT2D eigenvalue weighted by Crippen LogP contribution is -2.43. The molecule has 0 aliphatic heterocycles. The minimum absolute atomic E-state index is 0.0218. The molecule has 1 amide bonds. The summed E-state index contributed by atoms with van der Waals surface area (Å²) in [6, 6.07) is 3.93. The first-order valence-electron chi connectivity index (χ1n) is 6.98. The maximum absolute atomic E-state index is 11.8. The normalized spacial score (nSPS) is 17.6. The Balaban J connectivity index is 1.81. The highest BCUT2D eigenvalue weighted by Gasteiger charge is 2.34. The van der Waals surface area contributed by atoms with Crippen LogP contribution in [0.2, 0.25) is 0 Å². The van der Waals surface area contributed by atoms with E-state index in [1.54, 1.807) is 17.4 Å². The molecule has 0 bridgehead atoms. The summed E-state index contributed by atoms with van der Waals surface area (Å²) in [5, 5.41) is 13.8. The van der Waals surface area contributed by atoms with E-state index in [2.05, 4.69) is 5.32 Å². The van der Waals surface area contributed by atoms with Crippen LogP contribution in [-0.4, -0.2) is 36.4 Å². The molecule has 0 unspecified atom stereocenters. The van der Waals surface area contributed by atoms with Crippen molar-refractivity contribution in [3.8, 4) is 0 Å². The first kappa shape index (κ1) is 15.2. The predicted molar refractivity (Wildman–Crippen MR) is 80.6 cm³/mol. The molecule has 5 heteroatoms. The molecule has 1 saturated carbocycles. The number of rotatable bonds is 7. The monoisotopic (exact) mass is 295 g/mol. The molecule has 1 fully saturated rings. The van der Waals surface area contributed by atoms with Gasteiger partial charge in [-0.1, -0.05) is 18.9 Å². The Hall–Kier alpha value is -1.17. The zero-order valence-electron chi connectivity index (χ0n) is 11.5. The van der Waals surface area contributed by atoms with Gasteiger partial charge in [0.05, 0.1) is 18.8 Å². The summed E-state index contributed by atoms with van der Waals surface area (Å²) < 4.78 is 5.75. The Kier molecular flexibility index (Phi) is 5.76. The fourth-order valence-electron chi connectivity index (χ4n) is 2.50. The second-order valence-electron chi connectivity index (χ2n) is 5.03. The van der Waals surface area contributed by atoms with Crippen LogP contribution in [0.5, 0.6) is 0 Å². The van der Waals surface area contributed by atoms with Crippen LogP contribution in [0, 0.1) is 0 Å². The maximum atomic E-state index is 11.8. The number of ether oxygens (including phenoxy) is 1. The standard InChI is InChI=1S/C15H21NO3S/c17-9-10-19-15(7-1-2-8-15)12-16-14(18)6-5-13-4-3-11-20-13/h3-6,11,17H,1-2,7-10,12H2,(H,16,18). The Morgan fingerprint density at radius 1 is 1.50 bits per heavy atom. The average molecular weight is 295 g/mol. The molecular weight excluding hydrogens is 274 g/mol. The number of amides is 1. The van der Waals surface area contributed by atoms with Gasteiger partial charge in [-0.25, -0.2) is 0 Å². The average Bonchev–Trinajstić information content (AvgIpc) is 3.13. The first-order chi connectivity index (χ1) is 9.74. The lowest BCUT2D eigenvalue weighted by molar-refractivity contribution is -0.118. The molecule has 1 aliphatic carbocycles. The van der Waals surface area contributed by atoms with Crippen molar-refractivity contribution >= 4 is 23.3 Å². The Bertz CT molecular complexity index is 436. The highest BCUT2D eigenvalue weighted by molar-refractivity contribution is 7.10. The van der Waals surface area contributed by atoms with E-state index >= 15 is 0 Å². The van der Waals surface area contributed by atoms with E-state index in [1.165, 1.54) is 0 Å². The van der Waals surface area contributed by atoms with E-state index in [0.29, 0.717) is 13.2 Å². The van der Waals surface area contributed by atoms with Gasteiger partial charge in [-0.2, -0.15) is 0 Å². The van der Waals surface area contributed by atoms with Gasteiger partial charge in [0.1, 0.15) is 0 Å². The van der Waals surface area contributed by atoms with E-state index in [0.717, 1.165) is 30.6 Å². The van der Waals surface area contributed by atoms with E-state index in [1.807, 2.05) is 23.6 Å². The molecule has 2 N–H and O–H groups in total. The predicted octanol–water partition coefficient (Wildman–Crippen LogP) is 2.20. The van der Waals surface area contributed by atoms with Gasteiger partial charge < -0.3 is 15.2 Å². The smallest absolute Gasteiger partial charge is 0.244 e.